The Labute approximate surface area is 109 Å². The summed E-state index contributed by atoms with van der Waals surface area (Å²) >= 11 is 0. The van der Waals surface area contributed by atoms with E-state index in [2.05, 4.69) is 52.0 Å². The van der Waals surface area contributed by atoms with E-state index in [1.54, 1.807) is 0 Å². The fourth-order valence-electron chi connectivity index (χ4n) is 2.17. The first-order chi connectivity index (χ1) is 8.52. The molecule has 0 saturated heterocycles. The fourth-order valence-corrected chi connectivity index (χ4v) is 2.17. The van der Waals surface area contributed by atoms with Crippen molar-refractivity contribution in [3.05, 3.63) is 41.1 Å². The van der Waals surface area contributed by atoms with E-state index in [0.29, 0.717) is 18.4 Å². The van der Waals surface area contributed by atoms with Gasteiger partial charge in [0.05, 0.1) is 5.52 Å². The zero-order valence-electron chi connectivity index (χ0n) is 11.7. The minimum atomic E-state index is 0.317. The fraction of sp³-hybridized carbons (Fsp3) is 0.438. The minimum absolute atomic E-state index is 0.317. The first kappa shape index (κ1) is 13.0. The van der Waals surface area contributed by atoms with E-state index in [4.69, 9.17) is 10.7 Å². The van der Waals surface area contributed by atoms with Gasteiger partial charge < -0.3 is 5.73 Å². The van der Waals surface area contributed by atoms with Gasteiger partial charge in [-0.2, -0.15) is 0 Å². The molecule has 0 aliphatic rings. The molecule has 1 atom stereocenters. The van der Waals surface area contributed by atoms with E-state index in [-0.39, 0.29) is 0 Å². The highest BCUT2D eigenvalue weighted by atomic mass is 14.7. The van der Waals surface area contributed by atoms with Crippen LogP contribution in [0.25, 0.3) is 10.9 Å². The van der Waals surface area contributed by atoms with Crippen LogP contribution in [0.4, 0.5) is 0 Å². The second-order valence-corrected chi connectivity index (χ2v) is 5.43. The van der Waals surface area contributed by atoms with E-state index < -0.39 is 0 Å². The van der Waals surface area contributed by atoms with Crippen LogP contribution >= 0.6 is 0 Å². The smallest absolute Gasteiger partial charge is 0.0708 e. The topological polar surface area (TPSA) is 38.9 Å². The first-order valence-electron chi connectivity index (χ1n) is 6.64. The monoisotopic (exact) mass is 242 g/mol. The standard InChI is InChI=1S/C16H22N2/c1-10(2)13-5-6-15-14(8-13)11(3)7-16(18-15)12(4)9-17/h5-8,10,12H,9,17H2,1-4H3. The predicted molar refractivity (Wildman–Crippen MR) is 78.0 cm³/mol. The van der Waals surface area contributed by atoms with E-state index in [1.807, 2.05) is 0 Å². The molecule has 18 heavy (non-hydrogen) atoms. The normalized spacial score (nSPS) is 13.2. The Kier molecular flexibility index (Phi) is 3.67. The van der Waals surface area contributed by atoms with Gasteiger partial charge in [-0.15, -0.1) is 0 Å². The molecule has 2 N–H and O–H groups in total. The molecule has 0 bridgehead atoms. The van der Waals surface area contributed by atoms with Crippen molar-refractivity contribution < 1.29 is 0 Å². The zero-order chi connectivity index (χ0) is 13.3. The molecule has 0 aliphatic carbocycles. The van der Waals surface area contributed by atoms with Crippen LogP contribution in [0.15, 0.2) is 24.3 Å². The van der Waals surface area contributed by atoms with Crippen LogP contribution in [-0.4, -0.2) is 11.5 Å². The molecule has 1 unspecified atom stereocenters. The van der Waals surface area contributed by atoms with Crippen LogP contribution in [0.1, 0.15) is 49.4 Å². The summed E-state index contributed by atoms with van der Waals surface area (Å²) in [6.07, 6.45) is 0. The van der Waals surface area contributed by atoms with Gasteiger partial charge in [-0.05, 0) is 42.2 Å². The number of rotatable bonds is 3. The Morgan fingerprint density at radius 1 is 1.17 bits per heavy atom. The third-order valence-corrected chi connectivity index (χ3v) is 3.58. The number of aryl methyl sites for hydroxylation is 1. The van der Waals surface area contributed by atoms with Gasteiger partial charge in [0.2, 0.25) is 0 Å². The molecule has 0 amide bonds. The molecule has 1 aromatic heterocycles. The summed E-state index contributed by atoms with van der Waals surface area (Å²) in [5.74, 6) is 0.870. The van der Waals surface area contributed by atoms with Crippen molar-refractivity contribution in [2.24, 2.45) is 5.73 Å². The highest BCUT2D eigenvalue weighted by molar-refractivity contribution is 5.83. The van der Waals surface area contributed by atoms with Crippen molar-refractivity contribution in [1.29, 1.82) is 0 Å². The van der Waals surface area contributed by atoms with Gasteiger partial charge in [-0.3, -0.25) is 4.98 Å². The number of hydrogen-bond donors (Lipinski definition) is 1. The summed E-state index contributed by atoms with van der Waals surface area (Å²) < 4.78 is 0. The predicted octanol–water partition coefficient (Wildman–Crippen LogP) is 3.73. The molecule has 1 heterocycles. The molecule has 0 spiro atoms. The average Bonchev–Trinajstić information content (AvgIpc) is 2.37. The molecular formula is C16H22N2. The van der Waals surface area contributed by atoms with Crippen LogP contribution in [0.5, 0.6) is 0 Å². The number of nitrogens with two attached hydrogens (primary N) is 1. The molecule has 0 radical (unpaired) electrons. The Hall–Kier alpha value is -1.41. The molecule has 2 aromatic rings. The van der Waals surface area contributed by atoms with Gasteiger partial charge in [-0.25, -0.2) is 0 Å². The van der Waals surface area contributed by atoms with Crippen LogP contribution in [0, 0.1) is 6.92 Å². The maximum absolute atomic E-state index is 5.72. The van der Waals surface area contributed by atoms with Gasteiger partial charge in [0.25, 0.3) is 0 Å². The lowest BCUT2D eigenvalue weighted by Crippen LogP contribution is -2.10. The number of nitrogens with zero attached hydrogens (tertiary/aromatic N) is 1. The summed E-state index contributed by atoms with van der Waals surface area (Å²) in [6.45, 7) is 9.35. The molecule has 0 saturated carbocycles. The maximum Gasteiger partial charge on any atom is 0.0708 e. The summed E-state index contributed by atoms with van der Waals surface area (Å²) in [7, 11) is 0. The molecule has 2 heteroatoms. The van der Waals surface area contributed by atoms with Crippen LogP contribution in [0.3, 0.4) is 0 Å². The summed E-state index contributed by atoms with van der Waals surface area (Å²) in [5.41, 5.74) is 10.6. The molecule has 2 nitrogen and oxygen atoms in total. The lowest BCUT2D eigenvalue weighted by molar-refractivity contribution is 0.748. The minimum Gasteiger partial charge on any atom is -0.330 e. The van der Waals surface area contributed by atoms with Gasteiger partial charge in [0.1, 0.15) is 0 Å². The van der Waals surface area contributed by atoms with E-state index in [9.17, 15) is 0 Å². The van der Waals surface area contributed by atoms with Gasteiger partial charge in [-0.1, -0.05) is 26.8 Å². The van der Waals surface area contributed by atoms with Crippen molar-refractivity contribution in [1.82, 2.24) is 4.98 Å². The Morgan fingerprint density at radius 2 is 1.89 bits per heavy atom. The summed E-state index contributed by atoms with van der Waals surface area (Å²) in [4.78, 5) is 4.73. The van der Waals surface area contributed by atoms with Gasteiger partial charge in [0.15, 0.2) is 0 Å². The highest BCUT2D eigenvalue weighted by Gasteiger charge is 2.09. The third-order valence-electron chi connectivity index (χ3n) is 3.58. The van der Waals surface area contributed by atoms with E-state index in [1.165, 1.54) is 16.5 Å². The maximum atomic E-state index is 5.72. The average molecular weight is 242 g/mol. The second-order valence-electron chi connectivity index (χ2n) is 5.43. The molecule has 0 aliphatic heterocycles. The highest BCUT2D eigenvalue weighted by Crippen LogP contribution is 2.25. The number of aromatic nitrogens is 1. The van der Waals surface area contributed by atoms with Crippen LogP contribution in [0.2, 0.25) is 0 Å². The van der Waals surface area contributed by atoms with E-state index in [0.717, 1.165) is 11.2 Å². The number of hydrogen-bond acceptors (Lipinski definition) is 2. The summed E-state index contributed by atoms with van der Waals surface area (Å²) in [5, 5.41) is 1.26. The largest absolute Gasteiger partial charge is 0.330 e. The lowest BCUT2D eigenvalue weighted by atomic mass is 9.97. The number of fused-ring (bicyclic) bond motifs is 1. The molecule has 96 valence electrons. The van der Waals surface area contributed by atoms with Gasteiger partial charge in [0, 0.05) is 23.5 Å². The lowest BCUT2D eigenvalue weighted by Gasteiger charge is -2.13. The quantitative estimate of drug-likeness (QED) is 0.890. The third kappa shape index (κ3) is 2.39. The molecule has 1 aromatic carbocycles. The Morgan fingerprint density at radius 3 is 2.50 bits per heavy atom. The first-order valence-corrected chi connectivity index (χ1v) is 6.64. The van der Waals surface area contributed by atoms with E-state index >= 15 is 0 Å². The molecule has 2 rings (SSSR count). The van der Waals surface area contributed by atoms with Crippen molar-refractivity contribution in [3.63, 3.8) is 0 Å². The SMILES string of the molecule is Cc1cc(C(C)CN)nc2ccc(C(C)C)cc12. The van der Waals surface area contributed by atoms with Crippen molar-refractivity contribution in [2.45, 2.75) is 39.5 Å². The van der Waals surface area contributed by atoms with Crippen LogP contribution < -0.4 is 5.73 Å². The van der Waals surface area contributed by atoms with Crippen LogP contribution in [-0.2, 0) is 0 Å². The van der Waals surface area contributed by atoms with Crippen molar-refractivity contribution in [2.75, 3.05) is 6.54 Å². The Bertz CT molecular complexity index is 558. The van der Waals surface area contributed by atoms with Crippen molar-refractivity contribution in [3.8, 4) is 0 Å². The molecular weight excluding hydrogens is 220 g/mol. The van der Waals surface area contributed by atoms with Crippen molar-refractivity contribution >= 4 is 10.9 Å². The number of pyridine rings is 1. The van der Waals surface area contributed by atoms with Gasteiger partial charge >= 0.3 is 0 Å². The Balaban J connectivity index is 2.58. The summed E-state index contributed by atoms with van der Waals surface area (Å²) in [6, 6.07) is 8.74. The molecule has 0 fully saturated rings. The number of benzene rings is 1. The zero-order valence-corrected chi connectivity index (χ0v) is 11.7. The second kappa shape index (κ2) is 5.07.